The predicted octanol–water partition coefficient (Wildman–Crippen LogP) is 2.83. The standard InChI is InChI=1S/C18H23N3O5S/c1-25-11-7-8-13(15(9-11)26-2)20-17(23)19-12-5-3-4-6-14(12)21-16(22)10-27-18(21)24/h7-9,12,14H,3-6,10H2,1-2H3,(H2,19,20,23). The number of rotatable bonds is 5. The van der Waals surface area contributed by atoms with Crippen molar-refractivity contribution in [3.63, 3.8) is 0 Å². The molecule has 1 saturated carbocycles. The zero-order valence-corrected chi connectivity index (χ0v) is 16.1. The minimum atomic E-state index is -0.401. The molecule has 0 bridgehead atoms. The number of ether oxygens (including phenoxy) is 2. The zero-order chi connectivity index (χ0) is 19.4. The van der Waals surface area contributed by atoms with E-state index in [0.717, 1.165) is 31.0 Å². The van der Waals surface area contributed by atoms with Crippen molar-refractivity contribution in [3.05, 3.63) is 18.2 Å². The molecule has 2 N–H and O–H groups in total. The van der Waals surface area contributed by atoms with Gasteiger partial charge in [-0.25, -0.2) is 4.79 Å². The molecule has 1 aliphatic heterocycles. The number of imide groups is 1. The second kappa shape index (κ2) is 8.51. The van der Waals surface area contributed by atoms with Crippen LogP contribution in [0.3, 0.4) is 0 Å². The molecule has 2 unspecified atom stereocenters. The van der Waals surface area contributed by atoms with Crippen molar-refractivity contribution in [3.8, 4) is 11.5 Å². The van der Waals surface area contributed by atoms with E-state index in [1.54, 1.807) is 25.3 Å². The SMILES string of the molecule is COc1ccc(NC(=O)NC2CCCCC2N2C(=O)CSC2=O)c(OC)c1. The predicted molar refractivity (Wildman–Crippen MR) is 102 cm³/mol. The second-order valence-corrected chi connectivity index (χ2v) is 7.37. The third kappa shape index (κ3) is 4.29. The van der Waals surface area contributed by atoms with Crippen LogP contribution in [0.1, 0.15) is 25.7 Å². The van der Waals surface area contributed by atoms with Gasteiger partial charge < -0.3 is 20.1 Å². The first-order valence-electron chi connectivity index (χ1n) is 8.82. The molecule has 9 heteroatoms. The summed E-state index contributed by atoms with van der Waals surface area (Å²) in [5.74, 6) is 1.10. The van der Waals surface area contributed by atoms with Gasteiger partial charge in [0.05, 0.1) is 37.7 Å². The van der Waals surface area contributed by atoms with Gasteiger partial charge in [-0.15, -0.1) is 0 Å². The molecule has 1 heterocycles. The largest absolute Gasteiger partial charge is 0.497 e. The summed E-state index contributed by atoms with van der Waals surface area (Å²) >= 11 is 1.02. The van der Waals surface area contributed by atoms with E-state index in [9.17, 15) is 14.4 Å². The normalized spacial score (nSPS) is 22.5. The Bertz CT molecular complexity index is 726. The molecule has 0 spiro atoms. The molecule has 146 valence electrons. The number of methoxy groups -OCH3 is 2. The second-order valence-electron chi connectivity index (χ2n) is 6.44. The van der Waals surface area contributed by atoms with E-state index >= 15 is 0 Å². The van der Waals surface area contributed by atoms with Gasteiger partial charge in [0.2, 0.25) is 5.91 Å². The molecule has 2 atom stereocenters. The van der Waals surface area contributed by atoms with Crippen LogP contribution in [0.4, 0.5) is 15.3 Å². The average molecular weight is 393 g/mol. The molecule has 27 heavy (non-hydrogen) atoms. The number of benzene rings is 1. The van der Waals surface area contributed by atoms with Gasteiger partial charge in [0.25, 0.3) is 5.24 Å². The number of nitrogens with zero attached hydrogens (tertiary/aromatic N) is 1. The van der Waals surface area contributed by atoms with Gasteiger partial charge in [-0.1, -0.05) is 24.6 Å². The third-order valence-electron chi connectivity index (χ3n) is 4.82. The van der Waals surface area contributed by atoms with Crippen molar-refractivity contribution < 1.29 is 23.9 Å². The van der Waals surface area contributed by atoms with E-state index in [1.165, 1.54) is 12.0 Å². The average Bonchev–Trinajstić information content (AvgIpc) is 3.00. The van der Waals surface area contributed by atoms with E-state index in [0.29, 0.717) is 23.6 Å². The summed E-state index contributed by atoms with van der Waals surface area (Å²) in [5, 5.41) is 5.47. The fourth-order valence-electron chi connectivity index (χ4n) is 3.50. The molecule has 2 fully saturated rings. The van der Waals surface area contributed by atoms with Crippen molar-refractivity contribution in [2.45, 2.75) is 37.8 Å². The lowest BCUT2D eigenvalue weighted by Crippen LogP contribution is -2.55. The summed E-state index contributed by atoms with van der Waals surface area (Å²) in [7, 11) is 3.06. The topological polar surface area (TPSA) is 97.0 Å². The number of hydrogen-bond donors (Lipinski definition) is 2. The highest BCUT2D eigenvalue weighted by molar-refractivity contribution is 8.14. The lowest BCUT2D eigenvalue weighted by Gasteiger charge is -2.36. The summed E-state index contributed by atoms with van der Waals surface area (Å²) in [6.07, 6.45) is 3.30. The minimum absolute atomic E-state index is 0.178. The highest BCUT2D eigenvalue weighted by Gasteiger charge is 2.41. The lowest BCUT2D eigenvalue weighted by molar-refractivity contribution is -0.127. The van der Waals surface area contributed by atoms with Gasteiger partial charge in [0.1, 0.15) is 11.5 Å². The van der Waals surface area contributed by atoms with Gasteiger partial charge >= 0.3 is 6.03 Å². The Morgan fingerprint density at radius 2 is 1.96 bits per heavy atom. The Balaban J connectivity index is 1.69. The van der Waals surface area contributed by atoms with Crippen LogP contribution in [0.2, 0.25) is 0 Å². The van der Waals surface area contributed by atoms with Crippen LogP contribution in [0.25, 0.3) is 0 Å². The van der Waals surface area contributed by atoms with Crippen molar-refractivity contribution in [2.24, 2.45) is 0 Å². The third-order valence-corrected chi connectivity index (χ3v) is 5.65. The molecule has 1 aromatic rings. The molecule has 1 saturated heterocycles. The van der Waals surface area contributed by atoms with Crippen molar-refractivity contribution in [2.75, 3.05) is 25.3 Å². The number of carbonyl (C=O) groups excluding carboxylic acids is 3. The van der Waals surface area contributed by atoms with E-state index in [2.05, 4.69) is 10.6 Å². The first-order valence-corrected chi connectivity index (χ1v) is 9.80. The van der Waals surface area contributed by atoms with Gasteiger partial charge in [-0.05, 0) is 25.0 Å². The molecule has 4 amide bonds. The fourth-order valence-corrected chi connectivity index (χ4v) is 4.26. The fraction of sp³-hybridized carbons (Fsp3) is 0.500. The molecule has 0 radical (unpaired) electrons. The molecular weight excluding hydrogens is 370 g/mol. The summed E-state index contributed by atoms with van der Waals surface area (Å²) < 4.78 is 10.4. The van der Waals surface area contributed by atoms with Crippen LogP contribution >= 0.6 is 11.8 Å². The van der Waals surface area contributed by atoms with E-state index in [1.807, 2.05) is 0 Å². The van der Waals surface area contributed by atoms with Gasteiger partial charge in [0, 0.05) is 6.07 Å². The first-order chi connectivity index (χ1) is 13.0. The lowest BCUT2D eigenvalue weighted by atomic mass is 9.89. The van der Waals surface area contributed by atoms with Gasteiger partial charge in [-0.2, -0.15) is 0 Å². The number of amides is 4. The number of nitrogens with one attached hydrogen (secondary N) is 2. The van der Waals surface area contributed by atoms with Crippen molar-refractivity contribution in [1.82, 2.24) is 10.2 Å². The number of carbonyl (C=O) groups is 3. The van der Waals surface area contributed by atoms with Gasteiger partial charge in [0.15, 0.2) is 0 Å². The van der Waals surface area contributed by atoms with E-state index in [-0.39, 0.29) is 29.0 Å². The Kier molecular flexibility index (Phi) is 6.10. The molecule has 8 nitrogen and oxygen atoms in total. The number of urea groups is 1. The van der Waals surface area contributed by atoms with Crippen LogP contribution in [0.5, 0.6) is 11.5 Å². The Labute approximate surface area is 161 Å². The van der Waals surface area contributed by atoms with Crippen LogP contribution in [0.15, 0.2) is 18.2 Å². The number of thioether (sulfide) groups is 1. The maximum Gasteiger partial charge on any atom is 0.319 e. The summed E-state index contributed by atoms with van der Waals surface area (Å²) in [6.45, 7) is 0. The minimum Gasteiger partial charge on any atom is -0.497 e. The summed E-state index contributed by atoms with van der Waals surface area (Å²) in [6, 6.07) is 4.13. The van der Waals surface area contributed by atoms with E-state index < -0.39 is 6.03 Å². The molecule has 2 aliphatic rings. The quantitative estimate of drug-likeness (QED) is 0.798. The van der Waals surface area contributed by atoms with Gasteiger partial charge in [-0.3, -0.25) is 14.5 Å². The smallest absolute Gasteiger partial charge is 0.319 e. The van der Waals surface area contributed by atoms with Crippen LogP contribution in [-0.4, -0.2) is 54.1 Å². The van der Waals surface area contributed by atoms with E-state index in [4.69, 9.17) is 9.47 Å². The van der Waals surface area contributed by atoms with Crippen LogP contribution in [0, 0.1) is 0 Å². The van der Waals surface area contributed by atoms with Crippen LogP contribution in [-0.2, 0) is 4.79 Å². The van der Waals surface area contributed by atoms with Crippen molar-refractivity contribution in [1.29, 1.82) is 0 Å². The first kappa shape index (κ1) is 19.3. The highest BCUT2D eigenvalue weighted by atomic mass is 32.2. The molecule has 1 aliphatic carbocycles. The summed E-state index contributed by atoms with van der Waals surface area (Å²) in [5.41, 5.74) is 0.507. The summed E-state index contributed by atoms with van der Waals surface area (Å²) in [4.78, 5) is 38.0. The number of hydrogen-bond acceptors (Lipinski definition) is 6. The van der Waals surface area contributed by atoms with Crippen molar-refractivity contribution >= 4 is 34.6 Å². The molecule has 1 aromatic carbocycles. The zero-order valence-electron chi connectivity index (χ0n) is 15.3. The monoisotopic (exact) mass is 393 g/mol. The molecule has 3 rings (SSSR count). The Hall–Kier alpha value is -2.42. The highest BCUT2D eigenvalue weighted by Crippen LogP contribution is 2.31. The maximum absolute atomic E-state index is 12.5. The Morgan fingerprint density at radius 1 is 1.19 bits per heavy atom. The molecular formula is C18H23N3O5S. The van der Waals surface area contributed by atoms with Crippen LogP contribution < -0.4 is 20.1 Å². The number of anilines is 1. The maximum atomic E-state index is 12.5. The Morgan fingerprint density at radius 3 is 2.63 bits per heavy atom. The molecule has 0 aromatic heterocycles.